The Labute approximate surface area is 132 Å². The lowest BCUT2D eigenvalue weighted by molar-refractivity contribution is 0.126. The zero-order chi connectivity index (χ0) is 15.1. The van der Waals surface area contributed by atoms with Gasteiger partial charge in [-0.2, -0.15) is 0 Å². The Morgan fingerprint density at radius 1 is 1.19 bits per heavy atom. The van der Waals surface area contributed by atoms with Crippen LogP contribution in [0.1, 0.15) is 11.9 Å². The maximum Gasteiger partial charge on any atom is 0.174 e. The van der Waals surface area contributed by atoms with E-state index in [0.29, 0.717) is 18.1 Å². The second kappa shape index (κ2) is 8.21. The van der Waals surface area contributed by atoms with Gasteiger partial charge in [0.05, 0.1) is 12.7 Å². The van der Waals surface area contributed by atoms with Crippen molar-refractivity contribution in [1.82, 2.24) is 10.2 Å². The number of nitrogens with zero attached hydrogens (tertiary/aromatic N) is 2. The zero-order valence-electron chi connectivity index (χ0n) is 12.0. The standard InChI is InChI=1S/C14H18N2O3S2/c1-3-18-12-4-6-13(7-5-12)19-8-11(17)9-20-14-16-15-10(2)21-14/h4-7,11,17H,3,8-9H2,1-2H3. The van der Waals surface area contributed by atoms with Gasteiger partial charge in [-0.05, 0) is 38.1 Å². The third kappa shape index (κ3) is 5.53. The Hall–Kier alpha value is -1.31. The number of aromatic nitrogens is 2. The van der Waals surface area contributed by atoms with E-state index in [2.05, 4.69) is 10.2 Å². The summed E-state index contributed by atoms with van der Waals surface area (Å²) in [7, 11) is 0. The van der Waals surface area contributed by atoms with E-state index >= 15 is 0 Å². The van der Waals surface area contributed by atoms with Crippen LogP contribution < -0.4 is 9.47 Å². The second-order valence-electron chi connectivity index (χ2n) is 4.27. The van der Waals surface area contributed by atoms with E-state index in [1.807, 2.05) is 38.1 Å². The van der Waals surface area contributed by atoms with E-state index < -0.39 is 6.10 Å². The molecule has 0 bridgehead atoms. The molecule has 0 aliphatic carbocycles. The third-order valence-electron chi connectivity index (χ3n) is 2.48. The summed E-state index contributed by atoms with van der Waals surface area (Å²) < 4.78 is 11.8. The van der Waals surface area contributed by atoms with Crippen LogP contribution in [-0.2, 0) is 0 Å². The van der Waals surface area contributed by atoms with Crippen LogP contribution in [-0.4, -0.2) is 40.4 Å². The Bertz CT molecular complexity index is 545. The maximum absolute atomic E-state index is 9.90. The first-order valence-electron chi connectivity index (χ1n) is 6.64. The normalized spacial score (nSPS) is 12.1. The minimum absolute atomic E-state index is 0.249. The Morgan fingerprint density at radius 2 is 1.86 bits per heavy atom. The average molecular weight is 326 g/mol. The lowest BCUT2D eigenvalue weighted by Gasteiger charge is -2.11. The van der Waals surface area contributed by atoms with E-state index in [1.165, 1.54) is 23.1 Å². The number of rotatable bonds is 8. The van der Waals surface area contributed by atoms with E-state index in [9.17, 15) is 5.11 Å². The van der Waals surface area contributed by atoms with Crippen LogP contribution in [0.5, 0.6) is 11.5 Å². The largest absolute Gasteiger partial charge is 0.494 e. The highest BCUT2D eigenvalue weighted by atomic mass is 32.2. The van der Waals surface area contributed by atoms with Gasteiger partial charge in [0.25, 0.3) is 0 Å². The molecule has 0 amide bonds. The van der Waals surface area contributed by atoms with Crippen LogP contribution in [0.2, 0.25) is 0 Å². The molecular formula is C14H18N2O3S2. The van der Waals surface area contributed by atoms with Crippen LogP contribution in [0, 0.1) is 6.92 Å². The number of aliphatic hydroxyl groups excluding tert-OH is 1. The number of ether oxygens (including phenoxy) is 2. The number of benzene rings is 1. The van der Waals surface area contributed by atoms with Gasteiger partial charge < -0.3 is 14.6 Å². The number of hydrogen-bond donors (Lipinski definition) is 1. The zero-order valence-corrected chi connectivity index (χ0v) is 13.6. The molecule has 1 aromatic carbocycles. The quantitative estimate of drug-likeness (QED) is 0.753. The molecule has 21 heavy (non-hydrogen) atoms. The molecule has 0 spiro atoms. The maximum atomic E-state index is 9.90. The average Bonchev–Trinajstić information content (AvgIpc) is 2.90. The molecule has 1 atom stereocenters. The fourth-order valence-corrected chi connectivity index (χ4v) is 3.29. The fraction of sp³-hybridized carbons (Fsp3) is 0.429. The summed E-state index contributed by atoms with van der Waals surface area (Å²) in [5.74, 6) is 2.06. The van der Waals surface area contributed by atoms with Crippen molar-refractivity contribution < 1.29 is 14.6 Å². The van der Waals surface area contributed by atoms with Gasteiger partial charge in [0.2, 0.25) is 0 Å². The highest BCUT2D eigenvalue weighted by molar-refractivity contribution is 8.01. The van der Waals surface area contributed by atoms with Crippen molar-refractivity contribution in [3.63, 3.8) is 0 Å². The van der Waals surface area contributed by atoms with Gasteiger partial charge >= 0.3 is 0 Å². The van der Waals surface area contributed by atoms with Crippen molar-refractivity contribution in [3.05, 3.63) is 29.3 Å². The number of thioether (sulfide) groups is 1. The van der Waals surface area contributed by atoms with E-state index in [-0.39, 0.29) is 6.61 Å². The predicted molar refractivity (Wildman–Crippen MR) is 84.5 cm³/mol. The van der Waals surface area contributed by atoms with Crippen LogP contribution in [0.3, 0.4) is 0 Å². The highest BCUT2D eigenvalue weighted by Crippen LogP contribution is 2.23. The van der Waals surface area contributed by atoms with Gasteiger partial charge in [-0.25, -0.2) is 0 Å². The number of aliphatic hydroxyl groups is 1. The van der Waals surface area contributed by atoms with Crippen LogP contribution >= 0.6 is 23.1 Å². The van der Waals surface area contributed by atoms with Crippen molar-refractivity contribution in [1.29, 1.82) is 0 Å². The molecule has 0 saturated heterocycles. The molecule has 0 aliphatic rings. The Kier molecular flexibility index (Phi) is 6.28. The minimum Gasteiger partial charge on any atom is -0.494 e. The fourth-order valence-electron chi connectivity index (χ4n) is 1.54. The number of hydrogen-bond acceptors (Lipinski definition) is 7. The molecular weight excluding hydrogens is 308 g/mol. The Balaban J connectivity index is 1.71. The summed E-state index contributed by atoms with van der Waals surface area (Å²) in [4.78, 5) is 0. The van der Waals surface area contributed by atoms with Gasteiger partial charge in [-0.3, -0.25) is 0 Å². The van der Waals surface area contributed by atoms with E-state index in [0.717, 1.165) is 15.1 Å². The smallest absolute Gasteiger partial charge is 0.174 e. The topological polar surface area (TPSA) is 64.5 Å². The first-order valence-corrected chi connectivity index (χ1v) is 8.44. The molecule has 2 aromatic rings. The molecule has 1 N–H and O–H groups in total. The van der Waals surface area contributed by atoms with Gasteiger partial charge in [0.1, 0.15) is 23.1 Å². The first-order chi connectivity index (χ1) is 10.2. The molecule has 114 valence electrons. The summed E-state index contributed by atoms with van der Waals surface area (Å²) in [6.45, 7) is 4.74. The molecule has 5 nitrogen and oxygen atoms in total. The molecule has 0 saturated carbocycles. The molecule has 0 aliphatic heterocycles. The van der Waals surface area contributed by atoms with Crippen LogP contribution in [0.4, 0.5) is 0 Å². The molecule has 1 aromatic heterocycles. The van der Waals surface area contributed by atoms with Crippen molar-refractivity contribution in [3.8, 4) is 11.5 Å². The molecule has 1 unspecified atom stereocenters. The second-order valence-corrected chi connectivity index (χ2v) is 6.72. The molecule has 7 heteroatoms. The third-order valence-corrected chi connectivity index (χ3v) is 4.60. The predicted octanol–water partition coefficient (Wildman–Crippen LogP) is 2.78. The minimum atomic E-state index is -0.550. The Morgan fingerprint density at radius 3 is 2.43 bits per heavy atom. The van der Waals surface area contributed by atoms with Crippen molar-refractivity contribution in [2.75, 3.05) is 19.0 Å². The lowest BCUT2D eigenvalue weighted by atomic mass is 10.3. The monoisotopic (exact) mass is 326 g/mol. The van der Waals surface area contributed by atoms with Crippen molar-refractivity contribution in [2.24, 2.45) is 0 Å². The SMILES string of the molecule is CCOc1ccc(OCC(O)CSc2nnc(C)s2)cc1. The van der Waals surface area contributed by atoms with Gasteiger partial charge in [0.15, 0.2) is 4.34 Å². The summed E-state index contributed by atoms with van der Waals surface area (Å²) in [6.07, 6.45) is -0.550. The molecule has 0 radical (unpaired) electrons. The van der Waals surface area contributed by atoms with Gasteiger partial charge in [0, 0.05) is 5.75 Å². The van der Waals surface area contributed by atoms with Crippen LogP contribution in [0.25, 0.3) is 0 Å². The van der Waals surface area contributed by atoms with Crippen molar-refractivity contribution >= 4 is 23.1 Å². The van der Waals surface area contributed by atoms with Crippen molar-refractivity contribution in [2.45, 2.75) is 24.3 Å². The van der Waals surface area contributed by atoms with E-state index in [1.54, 1.807) is 0 Å². The van der Waals surface area contributed by atoms with Crippen LogP contribution in [0.15, 0.2) is 28.6 Å². The summed E-state index contributed by atoms with van der Waals surface area (Å²) >= 11 is 3.01. The van der Waals surface area contributed by atoms with Gasteiger partial charge in [-0.1, -0.05) is 23.1 Å². The summed E-state index contributed by atoms with van der Waals surface area (Å²) in [6, 6.07) is 7.37. The molecule has 1 heterocycles. The molecule has 0 fully saturated rings. The first kappa shape index (κ1) is 16.1. The van der Waals surface area contributed by atoms with Gasteiger partial charge in [-0.15, -0.1) is 10.2 Å². The lowest BCUT2D eigenvalue weighted by Crippen LogP contribution is -2.20. The highest BCUT2D eigenvalue weighted by Gasteiger charge is 2.09. The summed E-state index contributed by atoms with van der Waals surface area (Å²) in [5, 5.41) is 18.8. The summed E-state index contributed by atoms with van der Waals surface area (Å²) in [5.41, 5.74) is 0. The number of aryl methyl sites for hydroxylation is 1. The molecule has 2 rings (SSSR count). The van der Waals surface area contributed by atoms with E-state index in [4.69, 9.17) is 9.47 Å².